The summed E-state index contributed by atoms with van der Waals surface area (Å²) < 4.78 is 64.4. The number of alkyl halides is 3. The van der Waals surface area contributed by atoms with Crippen molar-refractivity contribution < 1.29 is 21.6 Å². The Hall–Kier alpha value is -1.32. The van der Waals surface area contributed by atoms with Crippen LogP contribution in [0, 0.1) is 0 Å². The van der Waals surface area contributed by atoms with E-state index in [1.54, 1.807) is 0 Å². The van der Waals surface area contributed by atoms with Crippen molar-refractivity contribution in [2.45, 2.75) is 11.1 Å². The molecule has 0 saturated carbocycles. The molecule has 0 saturated heterocycles. The molecule has 1 aromatic carbocycles. The highest BCUT2D eigenvalue weighted by Crippen LogP contribution is 2.33. The van der Waals surface area contributed by atoms with Crippen LogP contribution in [0.5, 0.6) is 0 Å². The quantitative estimate of drug-likeness (QED) is 0.812. The lowest BCUT2D eigenvalue weighted by Crippen LogP contribution is -2.15. The number of nitrogens with one attached hydrogen (secondary N) is 1. The summed E-state index contributed by atoms with van der Waals surface area (Å²) in [6.07, 6.45) is -4.11. The molecule has 1 N–H and O–H groups in total. The van der Waals surface area contributed by atoms with Crippen LogP contribution in [0.15, 0.2) is 45.9 Å². The first-order chi connectivity index (χ1) is 10.1. The molecule has 1 heterocycles. The Morgan fingerprint density at radius 2 is 1.77 bits per heavy atom. The van der Waals surface area contributed by atoms with E-state index >= 15 is 0 Å². The highest BCUT2D eigenvalue weighted by atomic mass is 79.9. The number of pyridine rings is 1. The first-order valence-corrected chi connectivity index (χ1v) is 8.26. The van der Waals surface area contributed by atoms with Crippen LogP contribution in [0.1, 0.15) is 5.56 Å². The highest BCUT2D eigenvalue weighted by molar-refractivity contribution is 9.10. The van der Waals surface area contributed by atoms with Crippen LogP contribution in [-0.2, 0) is 16.2 Å². The summed E-state index contributed by atoms with van der Waals surface area (Å²) in [7, 11) is -4.00. The summed E-state index contributed by atoms with van der Waals surface area (Å²) >= 11 is 8.82. The second-order valence-electron chi connectivity index (χ2n) is 4.11. The molecule has 0 fully saturated rings. The lowest BCUT2D eigenvalue weighted by molar-refractivity contribution is -0.137. The molecule has 0 amide bonds. The first-order valence-electron chi connectivity index (χ1n) is 5.61. The van der Waals surface area contributed by atoms with Crippen molar-refractivity contribution in [2.24, 2.45) is 0 Å². The summed E-state index contributed by atoms with van der Waals surface area (Å²) in [5, 5.41) is -0.449. The molecule has 118 valence electrons. The molecule has 2 rings (SSSR count). The SMILES string of the molecule is O=S(=O)(Nc1ncc(C(F)(F)F)cc1Cl)c1ccc(Br)cc1. The monoisotopic (exact) mass is 414 g/mol. The Kier molecular flexibility index (Phi) is 4.69. The van der Waals surface area contributed by atoms with E-state index in [2.05, 4.69) is 20.9 Å². The fraction of sp³-hybridized carbons (Fsp3) is 0.0833. The van der Waals surface area contributed by atoms with Crippen LogP contribution < -0.4 is 4.72 Å². The predicted molar refractivity (Wildman–Crippen MR) is 79.2 cm³/mol. The molecule has 0 atom stereocenters. The molecule has 0 bridgehead atoms. The van der Waals surface area contributed by atoms with E-state index in [1.807, 2.05) is 4.72 Å². The number of sulfonamides is 1. The minimum Gasteiger partial charge on any atom is -0.262 e. The van der Waals surface area contributed by atoms with E-state index in [1.165, 1.54) is 24.3 Å². The van der Waals surface area contributed by atoms with Gasteiger partial charge in [-0.2, -0.15) is 13.2 Å². The van der Waals surface area contributed by atoms with Crippen molar-refractivity contribution in [3.8, 4) is 0 Å². The Morgan fingerprint density at radius 1 is 1.18 bits per heavy atom. The highest BCUT2D eigenvalue weighted by Gasteiger charge is 2.32. The standard InChI is InChI=1S/C12H7BrClF3N2O2S/c13-8-1-3-9(4-2-8)22(20,21)19-11-10(14)5-7(6-18-11)12(15,16)17/h1-6H,(H,18,19). The second kappa shape index (κ2) is 6.05. The van der Waals surface area contributed by atoms with Crippen LogP contribution in [0.2, 0.25) is 5.02 Å². The van der Waals surface area contributed by atoms with E-state index < -0.39 is 26.8 Å². The topological polar surface area (TPSA) is 59.1 Å². The van der Waals surface area contributed by atoms with Gasteiger partial charge in [-0.15, -0.1) is 0 Å². The van der Waals surface area contributed by atoms with Gasteiger partial charge in [0.2, 0.25) is 0 Å². The summed E-state index contributed by atoms with van der Waals surface area (Å²) in [6.45, 7) is 0. The van der Waals surface area contributed by atoms with Crippen LogP contribution >= 0.6 is 27.5 Å². The van der Waals surface area contributed by atoms with E-state index in [9.17, 15) is 21.6 Å². The third kappa shape index (κ3) is 3.90. The fourth-order valence-electron chi connectivity index (χ4n) is 1.47. The van der Waals surface area contributed by atoms with Gasteiger partial charge in [-0.1, -0.05) is 27.5 Å². The zero-order valence-electron chi connectivity index (χ0n) is 10.5. The van der Waals surface area contributed by atoms with Gasteiger partial charge >= 0.3 is 6.18 Å². The third-order valence-electron chi connectivity index (χ3n) is 2.52. The zero-order valence-corrected chi connectivity index (χ0v) is 13.7. The number of hydrogen-bond acceptors (Lipinski definition) is 3. The number of anilines is 1. The van der Waals surface area contributed by atoms with Crippen LogP contribution in [0.25, 0.3) is 0 Å². The molecule has 22 heavy (non-hydrogen) atoms. The smallest absolute Gasteiger partial charge is 0.262 e. The summed E-state index contributed by atoms with van der Waals surface area (Å²) in [6, 6.07) is 6.27. The van der Waals surface area contributed by atoms with Crippen LogP contribution in [0.4, 0.5) is 19.0 Å². The maximum Gasteiger partial charge on any atom is 0.417 e. The molecule has 0 unspecified atom stereocenters. The van der Waals surface area contributed by atoms with Gasteiger partial charge < -0.3 is 0 Å². The van der Waals surface area contributed by atoms with Crippen molar-refractivity contribution >= 4 is 43.4 Å². The lowest BCUT2D eigenvalue weighted by atomic mass is 10.3. The minimum absolute atomic E-state index is 0.0755. The molecule has 0 aliphatic heterocycles. The van der Waals surface area contributed by atoms with Gasteiger partial charge in [0.15, 0.2) is 5.82 Å². The number of halogens is 5. The lowest BCUT2D eigenvalue weighted by Gasteiger charge is -2.11. The van der Waals surface area contributed by atoms with E-state index in [0.717, 1.165) is 0 Å². The maximum absolute atomic E-state index is 12.5. The van der Waals surface area contributed by atoms with E-state index in [4.69, 9.17) is 11.6 Å². The number of hydrogen-bond donors (Lipinski definition) is 1. The Bertz CT molecular complexity index is 795. The summed E-state index contributed by atoms with van der Waals surface area (Å²) in [5.74, 6) is -0.377. The molecule has 0 aliphatic rings. The Balaban J connectivity index is 2.32. The summed E-state index contributed by atoms with van der Waals surface area (Å²) in [4.78, 5) is 3.35. The molecular weight excluding hydrogens is 409 g/mol. The zero-order chi connectivity index (χ0) is 16.5. The Morgan fingerprint density at radius 3 is 2.27 bits per heavy atom. The van der Waals surface area contributed by atoms with Gasteiger partial charge in [-0.25, -0.2) is 13.4 Å². The van der Waals surface area contributed by atoms with E-state index in [-0.39, 0.29) is 10.7 Å². The van der Waals surface area contributed by atoms with Gasteiger partial charge in [0.25, 0.3) is 10.0 Å². The molecule has 10 heteroatoms. The van der Waals surface area contributed by atoms with Crippen LogP contribution in [0.3, 0.4) is 0 Å². The third-order valence-corrected chi connectivity index (χ3v) is 4.70. The van der Waals surface area contributed by atoms with Crippen LogP contribution in [-0.4, -0.2) is 13.4 Å². The molecule has 1 aromatic heterocycles. The largest absolute Gasteiger partial charge is 0.417 e. The number of benzene rings is 1. The number of nitrogens with zero attached hydrogens (tertiary/aromatic N) is 1. The molecule has 0 spiro atoms. The van der Waals surface area contributed by atoms with Gasteiger partial charge in [0.05, 0.1) is 15.5 Å². The van der Waals surface area contributed by atoms with Crippen molar-refractivity contribution in [3.63, 3.8) is 0 Å². The van der Waals surface area contributed by atoms with Gasteiger partial charge in [-0.3, -0.25) is 4.72 Å². The minimum atomic E-state index is -4.61. The number of rotatable bonds is 3. The molecular formula is C12H7BrClF3N2O2S. The van der Waals surface area contributed by atoms with E-state index in [0.29, 0.717) is 16.7 Å². The average Bonchev–Trinajstić information content (AvgIpc) is 2.40. The normalized spacial score (nSPS) is 12.2. The van der Waals surface area contributed by atoms with Crippen molar-refractivity contribution in [3.05, 3.63) is 51.6 Å². The van der Waals surface area contributed by atoms with Gasteiger partial charge in [0, 0.05) is 10.7 Å². The molecule has 4 nitrogen and oxygen atoms in total. The van der Waals surface area contributed by atoms with Crippen molar-refractivity contribution in [1.29, 1.82) is 0 Å². The van der Waals surface area contributed by atoms with Crippen molar-refractivity contribution in [2.75, 3.05) is 4.72 Å². The molecule has 0 aliphatic carbocycles. The first kappa shape index (κ1) is 17.0. The average molecular weight is 416 g/mol. The summed E-state index contributed by atoms with van der Waals surface area (Å²) in [5.41, 5.74) is -1.07. The maximum atomic E-state index is 12.5. The second-order valence-corrected chi connectivity index (χ2v) is 7.12. The Labute approximate surface area is 137 Å². The fourth-order valence-corrected chi connectivity index (χ4v) is 3.03. The predicted octanol–water partition coefficient (Wildman–Crippen LogP) is 4.32. The molecule has 0 radical (unpaired) electrons. The van der Waals surface area contributed by atoms with Crippen molar-refractivity contribution in [1.82, 2.24) is 4.98 Å². The number of aromatic nitrogens is 1. The van der Waals surface area contributed by atoms with Gasteiger partial charge in [-0.05, 0) is 30.3 Å². The van der Waals surface area contributed by atoms with Gasteiger partial charge in [0.1, 0.15) is 0 Å². The molecule has 2 aromatic rings.